The number of rotatable bonds is 45. The topological polar surface area (TPSA) is 72.8 Å². The van der Waals surface area contributed by atoms with E-state index in [4.69, 9.17) is 9.47 Å². The molecule has 0 radical (unpaired) electrons. The van der Waals surface area contributed by atoms with E-state index < -0.39 is 6.10 Å². The normalized spacial score (nSPS) is 12.8. The maximum absolute atomic E-state index is 12.2. The molecule has 0 aliphatic carbocycles. The number of hydrogen-bond donors (Lipinski definition) is 1. The Morgan fingerprint density at radius 1 is 0.407 bits per heavy atom. The number of carbonyl (C=O) groups excluding carboxylic acids is 2. The van der Waals surface area contributed by atoms with Gasteiger partial charge in [0.1, 0.15) is 6.61 Å². The van der Waals surface area contributed by atoms with E-state index in [0.717, 1.165) is 77.0 Å². The number of aliphatic hydroxyl groups excluding tert-OH is 1. The predicted molar refractivity (Wildman–Crippen MR) is 256 cm³/mol. The molecule has 5 heteroatoms. The third kappa shape index (κ3) is 47.9. The molecule has 1 unspecified atom stereocenters. The summed E-state index contributed by atoms with van der Waals surface area (Å²) in [6, 6.07) is 0. The van der Waals surface area contributed by atoms with Crippen LogP contribution in [0.4, 0.5) is 0 Å². The minimum Gasteiger partial charge on any atom is -0.462 e. The highest BCUT2D eigenvalue weighted by atomic mass is 16.6. The molecule has 1 N–H and O–H groups in total. The molecule has 0 aromatic heterocycles. The van der Waals surface area contributed by atoms with Crippen LogP contribution in [0.2, 0.25) is 0 Å². The summed E-state index contributed by atoms with van der Waals surface area (Å²) in [7, 11) is 0. The lowest BCUT2D eigenvalue weighted by Gasteiger charge is -2.15. The summed E-state index contributed by atoms with van der Waals surface area (Å²) in [5.74, 6) is -0.598. The second-order valence-corrected chi connectivity index (χ2v) is 16.5. The molecule has 59 heavy (non-hydrogen) atoms. The average Bonchev–Trinajstić information content (AvgIpc) is 3.24. The van der Waals surface area contributed by atoms with Crippen molar-refractivity contribution in [1.29, 1.82) is 0 Å². The Morgan fingerprint density at radius 3 is 1.12 bits per heavy atom. The van der Waals surface area contributed by atoms with E-state index in [1.807, 2.05) is 0 Å². The van der Waals surface area contributed by atoms with Gasteiger partial charge in [0.05, 0.1) is 6.61 Å². The van der Waals surface area contributed by atoms with E-state index in [-0.39, 0.29) is 25.2 Å². The highest BCUT2D eigenvalue weighted by Gasteiger charge is 2.16. The summed E-state index contributed by atoms with van der Waals surface area (Å²) in [5, 5.41) is 9.59. The third-order valence-electron chi connectivity index (χ3n) is 10.7. The molecule has 340 valence electrons. The number of esters is 2. The Kier molecular flexibility index (Phi) is 47.5. The lowest BCUT2D eigenvalue weighted by atomic mass is 10.0. The van der Waals surface area contributed by atoms with Gasteiger partial charge in [-0.2, -0.15) is 0 Å². The Hall–Kier alpha value is -2.66. The minimum absolute atomic E-state index is 0.0699. The van der Waals surface area contributed by atoms with Gasteiger partial charge >= 0.3 is 11.9 Å². The summed E-state index contributed by atoms with van der Waals surface area (Å²) in [6.45, 7) is 4.00. The highest BCUT2D eigenvalue weighted by molar-refractivity contribution is 5.70. The molecule has 0 aliphatic heterocycles. The van der Waals surface area contributed by atoms with Crippen LogP contribution in [0, 0.1) is 0 Å². The smallest absolute Gasteiger partial charge is 0.306 e. The van der Waals surface area contributed by atoms with E-state index in [1.165, 1.54) is 135 Å². The van der Waals surface area contributed by atoms with Crippen LogP contribution in [0.15, 0.2) is 72.9 Å². The summed E-state index contributed by atoms with van der Waals surface area (Å²) in [5.41, 5.74) is 0. The van der Waals surface area contributed by atoms with Crippen LogP contribution < -0.4 is 0 Å². The van der Waals surface area contributed by atoms with Gasteiger partial charge < -0.3 is 14.6 Å². The molecule has 0 bridgehead atoms. The number of carbonyl (C=O) groups is 2. The van der Waals surface area contributed by atoms with Gasteiger partial charge in [-0.25, -0.2) is 0 Å². The second-order valence-electron chi connectivity index (χ2n) is 16.5. The van der Waals surface area contributed by atoms with Crippen molar-refractivity contribution in [3.05, 3.63) is 72.9 Å². The minimum atomic E-state index is -0.775. The van der Waals surface area contributed by atoms with E-state index in [1.54, 1.807) is 0 Å². The van der Waals surface area contributed by atoms with Crippen LogP contribution in [-0.4, -0.2) is 36.4 Å². The Labute approximate surface area is 365 Å². The fourth-order valence-electron chi connectivity index (χ4n) is 6.99. The zero-order valence-corrected chi connectivity index (χ0v) is 38.7. The van der Waals surface area contributed by atoms with Gasteiger partial charge in [0.25, 0.3) is 0 Å². The molecule has 0 aromatic carbocycles. The summed E-state index contributed by atoms with van der Waals surface area (Å²) in [4.78, 5) is 24.3. The average molecular weight is 823 g/mol. The molecule has 0 saturated carbocycles. The van der Waals surface area contributed by atoms with Gasteiger partial charge in [-0.05, 0) is 83.5 Å². The predicted octanol–water partition coefficient (Wildman–Crippen LogP) is 16.5. The maximum Gasteiger partial charge on any atom is 0.306 e. The van der Waals surface area contributed by atoms with E-state index >= 15 is 0 Å². The van der Waals surface area contributed by atoms with Crippen LogP contribution in [-0.2, 0) is 19.1 Å². The van der Waals surface area contributed by atoms with Gasteiger partial charge in [0.2, 0.25) is 0 Å². The highest BCUT2D eigenvalue weighted by Crippen LogP contribution is 2.15. The molecule has 0 saturated heterocycles. The van der Waals surface area contributed by atoms with Gasteiger partial charge in [0.15, 0.2) is 6.10 Å². The standard InChI is InChI=1S/C54H94O5/c1-3-5-7-9-11-13-15-17-18-19-20-21-22-23-24-25-26-27-28-29-30-31-32-33-34-35-36-37-39-41-43-45-47-49-54(57)59-52(50-55)51-58-53(56)48-46-44-42-40-38-16-14-12-10-8-6-4-2/h5,7,11-14,17-18,20-21,23-24,52,55H,3-4,6,8-10,15-16,19,22,25-51H2,1-2H3/b7-5-,13-11-,14-12-,18-17-,21-20-,24-23-. The number of allylic oxidation sites excluding steroid dienone is 12. The first-order chi connectivity index (χ1) is 29.1. The maximum atomic E-state index is 12.2. The fourth-order valence-corrected chi connectivity index (χ4v) is 6.99. The molecule has 0 amide bonds. The largest absolute Gasteiger partial charge is 0.462 e. The summed E-state index contributed by atoms with van der Waals surface area (Å²) >= 11 is 0. The van der Waals surface area contributed by atoms with Crippen LogP contribution in [0.25, 0.3) is 0 Å². The molecular formula is C54H94O5. The van der Waals surface area contributed by atoms with Crippen LogP contribution >= 0.6 is 0 Å². The molecule has 0 aromatic rings. The van der Waals surface area contributed by atoms with Gasteiger partial charge in [0, 0.05) is 12.8 Å². The Bertz CT molecular complexity index is 1070. The van der Waals surface area contributed by atoms with Crippen molar-refractivity contribution in [2.45, 2.75) is 245 Å². The number of ether oxygens (including phenoxy) is 2. The lowest BCUT2D eigenvalue weighted by molar-refractivity contribution is -0.161. The number of aliphatic hydroxyl groups is 1. The van der Waals surface area contributed by atoms with Gasteiger partial charge in [-0.1, -0.05) is 215 Å². The van der Waals surface area contributed by atoms with Crippen molar-refractivity contribution in [2.24, 2.45) is 0 Å². The first-order valence-electron chi connectivity index (χ1n) is 25.0. The van der Waals surface area contributed by atoms with Crippen molar-refractivity contribution in [3.8, 4) is 0 Å². The monoisotopic (exact) mass is 823 g/mol. The van der Waals surface area contributed by atoms with Gasteiger partial charge in [-0.15, -0.1) is 0 Å². The third-order valence-corrected chi connectivity index (χ3v) is 10.7. The van der Waals surface area contributed by atoms with Crippen LogP contribution in [0.1, 0.15) is 239 Å². The van der Waals surface area contributed by atoms with Crippen molar-refractivity contribution in [1.82, 2.24) is 0 Å². The molecule has 0 heterocycles. The Morgan fingerprint density at radius 2 is 0.729 bits per heavy atom. The van der Waals surface area contributed by atoms with Crippen LogP contribution in [0.5, 0.6) is 0 Å². The zero-order chi connectivity index (χ0) is 42.8. The van der Waals surface area contributed by atoms with E-state index in [2.05, 4.69) is 86.8 Å². The molecule has 5 nitrogen and oxygen atoms in total. The molecule has 0 fully saturated rings. The van der Waals surface area contributed by atoms with E-state index in [9.17, 15) is 14.7 Å². The molecule has 0 rings (SSSR count). The quantitative estimate of drug-likeness (QED) is 0.0376. The van der Waals surface area contributed by atoms with Crippen molar-refractivity contribution in [3.63, 3.8) is 0 Å². The molecule has 0 aliphatic rings. The molecular weight excluding hydrogens is 729 g/mol. The molecule has 1 atom stereocenters. The Balaban J connectivity index is 3.46. The number of unbranched alkanes of at least 4 members (excludes halogenated alkanes) is 25. The summed E-state index contributed by atoms with van der Waals surface area (Å²) in [6.07, 6.45) is 67.2. The van der Waals surface area contributed by atoms with Crippen molar-refractivity contribution >= 4 is 11.9 Å². The summed E-state index contributed by atoms with van der Waals surface area (Å²) < 4.78 is 10.6. The second kappa shape index (κ2) is 49.7. The van der Waals surface area contributed by atoms with Gasteiger partial charge in [-0.3, -0.25) is 9.59 Å². The van der Waals surface area contributed by atoms with Crippen LogP contribution in [0.3, 0.4) is 0 Å². The zero-order valence-electron chi connectivity index (χ0n) is 38.7. The number of hydrogen-bond acceptors (Lipinski definition) is 5. The SMILES string of the molecule is CC/C=C\C/C=C\C/C=C\C/C=C\C/C=C\CCCCCCCCCCCCCCCCCCCC(=O)OC(CO)COC(=O)CCCCCCC/C=C\CCCCC. The fraction of sp³-hybridized carbons (Fsp3) is 0.741. The van der Waals surface area contributed by atoms with Crippen molar-refractivity contribution < 1.29 is 24.2 Å². The lowest BCUT2D eigenvalue weighted by Crippen LogP contribution is -2.28. The van der Waals surface area contributed by atoms with Crippen molar-refractivity contribution in [2.75, 3.05) is 13.2 Å². The first kappa shape index (κ1) is 56.3. The first-order valence-corrected chi connectivity index (χ1v) is 25.0. The molecule has 0 spiro atoms. The van der Waals surface area contributed by atoms with E-state index in [0.29, 0.717) is 12.8 Å².